The van der Waals surface area contributed by atoms with E-state index in [2.05, 4.69) is 4.98 Å². The Balaban J connectivity index is 0.00000225. The Hall–Kier alpha value is 0.601. The van der Waals surface area contributed by atoms with Crippen LogP contribution < -0.4 is 51.4 Å². The zero-order chi connectivity index (χ0) is 11.5. The van der Waals surface area contributed by atoms with Crippen molar-refractivity contribution in [2.45, 2.75) is 13.5 Å². The maximum atomic E-state index is 12.1. The van der Waals surface area contributed by atoms with E-state index in [0.29, 0.717) is 5.69 Å². The van der Waals surface area contributed by atoms with Crippen LogP contribution in [-0.2, 0) is 6.54 Å². The Morgan fingerprint density at radius 1 is 1.31 bits per heavy atom. The number of pyridine rings is 1. The molecule has 0 saturated heterocycles. The van der Waals surface area contributed by atoms with Crippen LogP contribution in [0.1, 0.15) is 11.4 Å². The molecule has 0 aliphatic heterocycles. The van der Waals surface area contributed by atoms with Crippen LogP contribution in [-0.4, -0.2) is 30.4 Å². The Bertz CT molecular complexity index is 333. The Kier molecular flexibility index (Phi) is 7.40. The molecule has 1 aromatic heterocycles. The standard InChI is InChI=1S/C9H13BF3N2.K/c1-8-4-3-5-9(14-8)6-15(2)7-10(11,12)13;/h3-5H,6-7H2,1-2H3;/q-1;+1. The minimum atomic E-state index is -4.76. The summed E-state index contributed by atoms with van der Waals surface area (Å²) in [7, 11) is 1.44. The molecule has 1 aromatic rings. The summed E-state index contributed by atoms with van der Waals surface area (Å²) in [6, 6.07) is 5.34. The minimum absolute atomic E-state index is 0. The van der Waals surface area contributed by atoms with Gasteiger partial charge in [0.1, 0.15) is 0 Å². The van der Waals surface area contributed by atoms with E-state index in [4.69, 9.17) is 0 Å². The number of hydrogen-bond acceptors (Lipinski definition) is 2. The summed E-state index contributed by atoms with van der Waals surface area (Å²) in [6.45, 7) is -2.71. The molecule has 84 valence electrons. The van der Waals surface area contributed by atoms with Crippen molar-refractivity contribution in [3.63, 3.8) is 0 Å². The van der Waals surface area contributed by atoms with Gasteiger partial charge >= 0.3 is 58.4 Å². The van der Waals surface area contributed by atoms with E-state index in [-0.39, 0.29) is 57.9 Å². The molecule has 1 rings (SSSR count). The molecule has 0 radical (unpaired) electrons. The minimum Gasteiger partial charge on any atom is -0.448 e. The predicted molar refractivity (Wildman–Crippen MR) is 54.4 cm³/mol. The van der Waals surface area contributed by atoms with Crippen LogP contribution in [0.3, 0.4) is 0 Å². The van der Waals surface area contributed by atoms with Crippen LogP contribution in [0.15, 0.2) is 18.2 Å². The summed E-state index contributed by atoms with van der Waals surface area (Å²) in [4.78, 5) is 5.37. The quantitative estimate of drug-likeness (QED) is 0.656. The van der Waals surface area contributed by atoms with Crippen LogP contribution in [0.2, 0.25) is 0 Å². The first-order chi connectivity index (χ1) is 6.87. The maximum Gasteiger partial charge on any atom is 1.00 e. The normalized spacial score (nSPS) is 11.4. The first-order valence-electron chi connectivity index (χ1n) is 4.69. The largest absolute Gasteiger partial charge is 1.00 e. The van der Waals surface area contributed by atoms with Gasteiger partial charge in [-0.15, -0.1) is 0 Å². The molecular formula is C9H13BF3KN2. The van der Waals surface area contributed by atoms with E-state index in [1.807, 2.05) is 13.0 Å². The molecule has 1 heterocycles. The van der Waals surface area contributed by atoms with Gasteiger partial charge in [-0.3, -0.25) is 4.98 Å². The van der Waals surface area contributed by atoms with Crippen LogP contribution in [0, 0.1) is 6.92 Å². The predicted octanol–water partition coefficient (Wildman–Crippen LogP) is -0.788. The second kappa shape index (κ2) is 7.13. The molecule has 2 nitrogen and oxygen atoms in total. The summed E-state index contributed by atoms with van der Waals surface area (Å²) in [6.07, 6.45) is -0.852. The number of halogens is 3. The summed E-state index contributed by atoms with van der Waals surface area (Å²) in [5.74, 6) is 0. The third-order valence-corrected chi connectivity index (χ3v) is 1.90. The molecule has 0 saturated carbocycles. The Morgan fingerprint density at radius 2 is 1.94 bits per heavy atom. The third kappa shape index (κ3) is 7.03. The van der Waals surface area contributed by atoms with E-state index in [1.165, 1.54) is 11.9 Å². The van der Waals surface area contributed by atoms with Crippen molar-refractivity contribution in [1.82, 2.24) is 9.88 Å². The van der Waals surface area contributed by atoms with Crippen molar-refractivity contribution in [3.8, 4) is 0 Å². The number of nitrogens with zero attached hydrogens (tertiary/aromatic N) is 2. The maximum absolute atomic E-state index is 12.1. The molecule has 0 aliphatic carbocycles. The summed E-state index contributed by atoms with van der Waals surface area (Å²) < 4.78 is 36.3. The Labute approximate surface area is 136 Å². The van der Waals surface area contributed by atoms with Gasteiger partial charge in [0.2, 0.25) is 0 Å². The average Bonchev–Trinajstić information content (AvgIpc) is 1.99. The molecule has 16 heavy (non-hydrogen) atoms. The summed E-state index contributed by atoms with van der Waals surface area (Å²) in [5, 5.41) is 0. The zero-order valence-corrected chi connectivity index (χ0v) is 12.9. The topological polar surface area (TPSA) is 16.1 Å². The molecule has 7 heteroatoms. The molecule has 0 amide bonds. The van der Waals surface area contributed by atoms with Crippen molar-refractivity contribution in [2.75, 3.05) is 13.5 Å². The van der Waals surface area contributed by atoms with Crippen molar-refractivity contribution in [1.29, 1.82) is 0 Å². The third-order valence-electron chi connectivity index (χ3n) is 1.90. The second-order valence-corrected chi connectivity index (χ2v) is 3.68. The van der Waals surface area contributed by atoms with Crippen molar-refractivity contribution < 1.29 is 64.3 Å². The molecule has 0 aromatic carbocycles. The molecule has 0 unspecified atom stereocenters. The van der Waals surface area contributed by atoms with Gasteiger partial charge in [0, 0.05) is 12.2 Å². The van der Waals surface area contributed by atoms with Gasteiger partial charge in [0.15, 0.2) is 0 Å². The van der Waals surface area contributed by atoms with Gasteiger partial charge < -0.3 is 17.8 Å². The van der Waals surface area contributed by atoms with E-state index < -0.39 is 13.4 Å². The van der Waals surface area contributed by atoms with Crippen molar-refractivity contribution >= 4 is 6.98 Å². The second-order valence-electron chi connectivity index (χ2n) is 3.68. The van der Waals surface area contributed by atoms with E-state index in [1.54, 1.807) is 12.1 Å². The fraction of sp³-hybridized carbons (Fsp3) is 0.444. The molecular weight excluding hydrogens is 243 g/mol. The van der Waals surface area contributed by atoms with Crippen LogP contribution >= 0.6 is 0 Å². The number of aromatic nitrogens is 1. The average molecular weight is 256 g/mol. The van der Waals surface area contributed by atoms with Gasteiger partial charge in [-0.2, -0.15) is 0 Å². The SMILES string of the molecule is Cc1cccc(CN(C)C[B-](F)(F)F)n1.[K+]. The molecule has 0 spiro atoms. The van der Waals surface area contributed by atoms with Gasteiger partial charge in [0.25, 0.3) is 0 Å². The smallest absolute Gasteiger partial charge is 0.448 e. The van der Waals surface area contributed by atoms with E-state index >= 15 is 0 Å². The zero-order valence-electron chi connectivity index (χ0n) is 9.75. The van der Waals surface area contributed by atoms with Crippen molar-refractivity contribution in [3.05, 3.63) is 29.6 Å². The van der Waals surface area contributed by atoms with Gasteiger partial charge in [0.05, 0.1) is 5.69 Å². The first-order valence-corrected chi connectivity index (χ1v) is 4.69. The molecule has 0 aliphatic rings. The van der Waals surface area contributed by atoms with Crippen LogP contribution in [0.4, 0.5) is 12.9 Å². The number of rotatable bonds is 4. The summed E-state index contributed by atoms with van der Waals surface area (Å²) in [5.41, 5.74) is 1.48. The van der Waals surface area contributed by atoms with Gasteiger partial charge in [-0.25, -0.2) is 0 Å². The fourth-order valence-corrected chi connectivity index (χ4v) is 1.38. The van der Waals surface area contributed by atoms with Crippen LogP contribution in [0.25, 0.3) is 0 Å². The van der Waals surface area contributed by atoms with Gasteiger partial charge in [-0.05, 0) is 32.5 Å². The summed E-state index contributed by atoms with van der Waals surface area (Å²) >= 11 is 0. The van der Waals surface area contributed by atoms with Crippen molar-refractivity contribution in [2.24, 2.45) is 0 Å². The van der Waals surface area contributed by atoms with E-state index in [9.17, 15) is 12.9 Å². The Morgan fingerprint density at radius 3 is 2.44 bits per heavy atom. The first kappa shape index (κ1) is 16.6. The monoisotopic (exact) mass is 256 g/mol. The molecule has 0 fully saturated rings. The molecule has 0 bridgehead atoms. The fourth-order valence-electron chi connectivity index (χ4n) is 1.38. The number of aryl methyl sites for hydroxylation is 1. The van der Waals surface area contributed by atoms with E-state index in [0.717, 1.165) is 5.69 Å². The van der Waals surface area contributed by atoms with Crippen LogP contribution in [0.5, 0.6) is 0 Å². The number of hydrogen-bond donors (Lipinski definition) is 0. The molecule has 0 N–H and O–H groups in total. The van der Waals surface area contributed by atoms with Gasteiger partial charge in [-0.1, -0.05) is 6.07 Å². The molecule has 0 atom stereocenters.